The number of hydrogen-bond donors (Lipinski definition) is 2. The molecule has 0 aliphatic rings. The van der Waals surface area contributed by atoms with Gasteiger partial charge in [-0.25, -0.2) is 0 Å². The molecule has 124 valence electrons. The summed E-state index contributed by atoms with van der Waals surface area (Å²) in [7, 11) is 0. The molecule has 0 atom stereocenters. The number of nitrogens with two attached hydrogens (primary N) is 2. The number of para-hydroxylation sites is 2. The molecule has 0 saturated heterocycles. The van der Waals surface area contributed by atoms with Gasteiger partial charge in [0.2, 0.25) is 0 Å². The highest BCUT2D eigenvalue weighted by Gasteiger charge is 1.95. The molecule has 4 N–H and O–H groups in total. The molecule has 2 aromatic carbocycles. The van der Waals surface area contributed by atoms with Crippen LogP contribution in [-0.4, -0.2) is 9.97 Å². The van der Waals surface area contributed by atoms with E-state index in [0.717, 1.165) is 33.2 Å². The molecular weight excluding hydrogens is 526 g/mol. The minimum atomic E-state index is 0. The molecule has 0 aliphatic carbocycles. The molecule has 4 aromatic rings. The number of fused-ring (bicyclic) bond motifs is 2. The van der Waals surface area contributed by atoms with E-state index in [1.165, 1.54) is 0 Å². The lowest BCUT2D eigenvalue weighted by Crippen LogP contribution is -1.87. The van der Waals surface area contributed by atoms with Crippen molar-refractivity contribution < 1.29 is 0 Å². The summed E-state index contributed by atoms with van der Waals surface area (Å²) in [5.74, 6) is 0. The van der Waals surface area contributed by atoms with Gasteiger partial charge in [0.15, 0.2) is 0 Å². The summed E-state index contributed by atoms with van der Waals surface area (Å²) >= 11 is 0. The summed E-state index contributed by atoms with van der Waals surface area (Å²) in [6, 6.07) is 19.3. The Morgan fingerprint density at radius 1 is 0.542 bits per heavy atom. The second-order valence-corrected chi connectivity index (χ2v) is 4.83. The third-order valence-corrected chi connectivity index (χ3v) is 3.37. The summed E-state index contributed by atoms with van der Waals surface area (Å²) in [6.45, 7) is 0. The molecule has 0 aliphatic heterocycles. The lowest BCUT2D eigenvalue weighted by Gasteiger charge is -1.97. The van der Waals surface area contributed by atoms with Gasteiger partial charge in [0.1, 0.15) is 0 Å². The van der Waals surface area contributed by atoms with Gasteiger partial charge in [0.05, 0.1) is 11.0 Å². The van der Waals surface area contributed by atoms with Crippen LogP contribution in [0.15, 0.2) is 73.1 Å². The SMILES string of the molecule is I.I.Nc1ccnc2ccccc12.Nc1ccnc2ccccc12. The highest BCUT2D eigenvalue weighted by Crippen LogP contribution is 2.17. The van der Waals surface area contributed by atoms with E-state index in [4.69, 9.17) is 11.5 Å². The Morgan fingerprint density at radius 3 is 1.29 bits per heavy atom. The first-order chi connectivity index (χ1) is 10.8. The third-order valence-electron chi connectivity index (χ3n) is 3.37. The normalized spacial score (nSPS) is 9.33. The minimum Gasteiger partial charge on any atom is -0.398 e. The first-order valence-electron chi connectivity index (χ1n) is 6.94. The predicted molar refractivity (Wildman–Crippen MR) is 123 cm³/mol. The molecule has 4 nitrogen and oxygen atoms in total. The molecule has 0 saturated carbocycles. The molecule has 0 unspecified atom stereocenters. The second kappa shape index (κ2) is 9.58. The van der Waals surface area contributed by atoms with Crippen LogP contribution in [0.25, 0.3) is 21.8 Å². The molecule has 0 bridgehead atoms. The van der Waals surface area contributed by atoms with Crippen LogP contribution in [0.1, 0.15) is 0 Å². The molecule has 2 aromatic heterocycles. The average Bonchev–Trinajstić information content (AvgIpc) is 2.57. The Balaban J connectivity index is 0.000000222. The fraction of sp³-hybridized carbons (Fsp3) is 0. The van der Waals surface area contributed by atoms with Gasteiger partial charge in [0.25, 0.3) is 0 Å². The van der Waals surface area contributed by atoms with Gasteiger partial charge in [-0.05, 0) is 24.3 Å². The number of rotatable bonds is 0. The highest BCUT2D eigenvalue weighted by molar-refractivity contribution is 14.0. The van der Waals surface area contributed by atoms with E-state index in [-0.39, 0.29) is 48.0 Å². The van der Waals surface area contributed by atoms with Crippen molar-refractivity contribution in [2.24, 2.45) is 0 Å². The maximum Gasteiger partial charge on any atom is 0.0722 e. The average molecular weight is 544 g/mol. The zero-order valence-corrected chi connectivity index (χ0v) is 17.5. The van der Waals surface area contributed by atoms with E-state index in [1.807, 2.05) is 60.7 Å². The Kier molecular flexibility index (Phi) is 8.13. The van der Waals surface area contributed by atoms with Crippen molar-refractivity contribution in [1.29, 1.82) is 0 Å². The zero-order valence-electron chi connectivity index (χ0n) is 12.8. The third kappa shape index (κ3) is 4.67. The van der Waals surface area contributed by atoms with Crippen molar-refractivity contribution in [3.8, 4) is 0 Å². The summed E-state index contributed by atoms with van der Waals surface area (Å²) in [6.07, 6.45) is 3.44. The van der Waals surface area contributed by atoms with Crippen molar-refractivity contribution in [3.63, 3.8) is 0 Å². The van der Waals surface area contributed by atoms with Crippen LogP contribution < -0.4 is 11.5 Å². The van der Waals surface area contributed by atoms with Gasteiger partial charge in [-0.1, -0.05) is 36.4 Å². The quantitative estimate of drug-likeness (QED) is 0.310. The Hall–Kier alpha value is -1.68. The molecule has 24 heavy (non-hydrogen) atoms. The van der Waals surface area contributed by atoms with Crippen LogP contribution in [0.5, 0.6) is 0 Å². The van der Waals surface area contributed by atoms with Gasteiger partial charge in [-0.15, -0.1) is 48.0 Å². The highest BCUT2D eigenvalue weighted by atomic mass is 127. The van der Waals surface area contributed by atoms with Crippen LogP contribution in [-0.2, 0) is 0 Å². The lowest BCUT2D eigenvalue weighted by molar-refractivity contribution is 1.41. The molecule has 0 radical (unpaired) electrons. The van der Waals surface area contributed by atoms with Gasteiger partial charge in [-0.2, -0.15) is 0 Å². The number of pyridine rings is 2. The number of hydrogen-bond acceptors (Lipinski definition) is 4. The van der Waals surface area contributed by atoms with E-state index < -0.39 is 0 Å². The first kappa shape index (κ1) is 20.4. The number of anilines is 2. The largest absolute Gasteiger partial charge is 0.398 e. The maximum atomic E-state index is 5.72. The molecule has 0 amide bonds. The molecule has 6 heteroatoms. The Bertz CT molecular complexity index is 841. The number of nitrogens with zero attached hydrogens (tertiary/aromatic N) is 2. The molecule has 0 fully saturated rings. The van der Waals surface area contributed by atoms with Crippen molar-refractivity contribution in [2.45, 2.75) is 0 Å². The first-order valence-corrected chi connectivity index (χ1v) is 6.94. The standard InChI is InChI=1S/2C9H8N2.2HI/c2*10-8-5-6-11-9-4-2-1-3-7(8)9;;/h2*1-6H,(H2,10,11);2*1H. The molecule has 2 heterocycles. The Labute approximate surface area is 174 Å². The van der Waals surface area contributed by atoms with Gasteiger partial charge >= 0.3 is 0 Å². The smallest absolute Gasteiger partial charge is 0.0722 e. The summed E-state index contributed by atoms with van der Waals surface area (Å²) in [5.41, 5.74) is 14.9. The van der Waals surface area contributed by atoms with Crippen LogP contribution >= 0.6 is 48.0 Å². The predicted octanol–water partition coefficient (Wildman–Crippen LogP) is 4.87. The van der Waals surface area contributed by atoms with Crippen molar-refractivity contribution in [2.75, 3.05) is 11.5 Å². The van der Waals surface area contributed by atoms with Crippen LogP contribution in [0.3, 0.4) is 0 Å². The minimum absolute atomic E-state index is 0. The van der Waals surface area contributed by atoms with Gasteiger partial charge in [-0.3, -0.25) is 9.97 Å². The zero-order chi connectivity index (χ0) is 15.4. The van der Waals surface area contributed by atoms with E-state index in [0.29, 0.717) is 0 Å². The summed E-state index contributed by atoms with van der Waals surface area (Å²) < 4.78 is 0. The van der Waals surface area contributed by atoms with Crippen molar-refractivity contribution in [1.82, 2.24) is 9.97 Å². The maximum absolute atomic E-state index is 5.72. The van der Waals surface area contributed by atoms with Crippen LogP contribution in [0, 0.1) is 0 Å². The molecular formula is C18H18I2N4. The van der Waals surface area contributed by atoms with Gasteiger partial charge < -0.3 is 11.5 Å². The lowest BCUT2D eigenvalue weighted by atomic mass is 10.2. The van der Waals surface area contributed by atoms with Crippen molar-refractivity contribution in [3.05, 3.63) is 73.1 Å². The molecule has 0 spiro atoms. The summed E-state index contributed by atoms with van der Waals surface area (Å²) in [5, 5.41) is 2.05. The fourth-order valence-electron chi connectivity index (χ4n) is 2.24. The van der Waals surface area contributed by atoms with Crippen molar-refractivity contribution >= 4 is 81.1 Å². The van der Waals surface area contributed by atoms with E-state index >= 15 is 0 Å². The van der Waals surface area contributed by atoms with Crippen LogP contribution in [0.2, 0.25) is 0 Å². The topological polar surface area (TPSA) is 77.8 Å². The Morgan fingerprint density at radius 2 is 0.917 bits per heavy atom. The summed E-state index contributed by atoms with van der Waals surface area (Å²) in [4.78, 5) is 8.32. The number of nitrogen functional groups attached to an aromatic ring is 2. The van der Waals surface area contributed by atoms with E-state index in [2.05, 4.69) is 9.97 Å². The fourth-order valence-corrected chi connectivity index (χ4v) is 2.24. The second-order valence-electron chi connectivity index (χ2n) is 4.83. The monoisotopic (exact) mass is 544 g/mol. The van der Waals surface area contributed by atoms with Gasteiger partial charge in [0, 0.05) is 34.5 Å². The number of halogens is 2. The van der Waals surface area contributed by atoms with E-state index in [9.17, 15) is 0 Å². The number of aromatic nitrogens is 2. The van der Waals surface area contributed by atoms with E-state index in [1.54, 1.807) is 12.4 Å². The molecule has 4 rings (SSSR count). The van der Waals surface area contributed by atoms with Crippen LogP contribution in [0.4, 0.5) is 11.4 Å². The number of benzene rings is 2.